The van der Waals surface area contributed by atoms with Gasteiger partial charge in [-0.05, 0) is 69.9 Å². The third-order valence-corrected chi connectivity index (χ3v) is 10.4. The van der Waals surface area contributed by atoms with Crippen molar-refractivity contribution in [3.63, 3.8) is 0 Å². The molecule has 4 rings (SSSR count). The van der Waals surface area contributed by atoms with Crippen LogP contribution in [0.2, 0.25) is 0 Å². The number of amides is 1. The molecule has 1 aliphatic rings. The molecule has 0 fully saturated rings. The molecule has 0 saturated carbocycles. The van der Waals surface area contributed by atoms with Crippen molar-refractivity contribution in [3.05, 3.63) is 100 Å². The zero-order chi connectivity index (χ0) is 32.2. The third kappa shape index (κ3) is 7.98. The van der Waals surface area contributed by atoms with E-state index < -0.39 is 22.2 Å². The predicted octanol–water partition coefficient (Wildman–Crippen LogP) is 6.99. The van der Waals surface area contributed by atoms with Crippen LogP contribution < -0.4 is 10.0 Å². The molecule has 3 aromatic carbocycles. The topological polar surface area (TPSA) is 95.5 Å². The van der Waals surface area contributed by atoms with Gasteiger partial charge in [0, 0.05) is 18.9 Å². The third-order valence-electron chi connectivity index (χ3n) is 8.85. The predicted molar refractivity (Wildman–Crippen MR) is 178 cm³/mol. The molecule has 0 bridgehead atoms. The lowest BCUT2D eigenvalue weighted by molar-refractivity contribution is -0.127. The van der Waals surface area contributed by atoms with Crippen LogP contribution in [0.4, 0.5) is 0 Å². The van der Waals surface area contributed by atoms with E-state index in [9.17, 15) is 18.3 Å². The van der Waals surface area contributed by atoms with Gasteiger partial charge >= 0.3 is 0 Å². The number of hydrogen-bond donors (Lipinski definition) is 3. The molecule has 0 spiro atoms. The summed E-state index contributed by atoms with van der Waals surface area (Å²) in [5.41, 5.74) is 5.89. The van der Waals surface area contributed by atoms with Crippen LogP contribution in [0, 0.1) is 11.8 Å². The summed E-state index contributed by atoms with van der Waals surface area (Å²) < 4.78 is 30.8. The Morgan fingerprint density at radius 1 is 0.864 bits per heavy atom. The van der Waals surface area contributed by atoms with Crippen molar-refractivity contribution >= 4 is 15.9 Å². The second-order valence-corrected chi connectivity index (χ2v) is 15.2. The van der Waals surface area contributed by atoms with E-state index in [4.69, 9.17) is 0 Å². The first kappa shape index (κ1) is 33.9. The molecule has 0 radical (unpaired) electrons. The highest BCUT2D eigenvalue weighted by Crippen LogP contribution is 2.35. The van der Waals surface area contributed by atoms with E-state index in [0.717, 1.165) is 33.4 Å². The molecule has 238 valence electrons. The molecule has 0 aromatic heterocycles. The summed E-state index contributed by atoms with van der Waals surface area (Å²) in [7, 11) is -3.81. The first-order valence-electron chi connectivity index (χ1n) is 16.1. The Bertz CT molecular complexity index is 1500. The number of rotatable bonds is 13. The van der Waals surface area contributed by atoms with Gasteiger partial charge in [0.05, 0.1) is 17.0 Å². The summed E-state index contributed by atoms with van der Waals surface area (Å²) in [5, 5.41) is 13.9. The van der Waals surface area contributed by atoms with Crippen molar-refractivity contribution in [2.45, 2.75) is 103 Å². The summed E-state index contributed by atoms with van der Waals surface area (Å²) in [5.74, 6) is -0.237. The van der Waals surface area contributed by atoms with Crippen LogP contribution in [-0.2, 0) is 27.7 Å². The number of carbonyl (C=O) groups is 1. The van der Waals surface area contributed by atoms with Crippen LogP contribution in [0.15, 0.2) is 71.6 Å². The van der Waals surface area contributed by atoms with E-state index in [1.165, 1.54) is 0 Å². The smallest absolute Gasteiger partial charge is 0.241 e. The molecule has 3 aromatic rings. The van der Waals surface area contributed by atoms with Gasteiger partial charge in [0.25, 0.3) is 0 Å². The highest BCUT2D eigenvalue weighted by Gasteiger charge is 2.34. The van der Waals surface area contributed by atoms with Crippen LogP contribution in [0.1, 0.15) is 112 Å². The second-order valence-electron chi connectivity index (χ2n) is 13.5. The maximum atomic E-state index is 13.9. The average molecular weight is 619 g/mol. The number of nitrogens with one attached hydrogen (secondary N) is 2. The molecule has 1 amide bonds. The number of aliphatic hydroxyl groups is 1. The molecule has 4 atom stereocenters. The molecule has 0 heterocycles. The summed E-state index contributed by atoms with van der Waals surface area (Å²) in [6.07, 6.45) is 0.858. The SMILES string of the molecule is CC(CNS(=O)(=O)c1c(C(C)C)cc(C(C)C)cc1C(C)C)CC(Cc1ccccc1)C(=O)NC1c2ccccc2CC1O. The lowest BCUT2D eigenvalue weighted by Crippen LogP contribution is -2.40. The summed E-state index contributed by atoms with van der Waals surface area (Å²) in [6.45, 7) is 14.6. The van der Waals surface area contributed by atoms with Crippen molar-refractivity contribution in [1.82, 2.24) is 10.0 Å². The number of aliphatic hydroxyl groups excluding tert-OH is 1. The van der Waals surface area contributed by atoms with E-state index in [1.54, 1.807) is 0 Å². The molecule has 4 unspecified atom stereocenters. The first-order valence-corrected chi connectivity index (χ1v) is 17.5. The molecule has 6 nitrogen and oxygen atoms in total. The minimum absolute atomic E-state index is 0.0465. The van der Waals surface area contributed by atoms with Gasteiger partial charge in [-0.25, -0.2) is 13.1 Å². The molecular formula is C37H50N2O4S. The maximum absolute atomic E-state index is 13.9. The Morgan fingerprint density at radius 2 is 1.45 bits per heavy atom. The van der Waals surface area contributed by atoms with Gasteiger partial charge in [-0.2, -0.15) is 0 Å². The standard InChI is InChI=1S/C37H50N2O4S/c1-23(2)29-19-32(24(3)4)36(33(20-29)25(5)6)44(42,43)38-22-26(7)17-30(18-27-13-9-8-10-14-27)37(41)39-35-31-16-12-11-15-28(31)21-34(35)40/h8-16,19-20,23-26,30,34-35,38,40H,17-18,21-22H2,1-7H3,(H,39,41). The Balaban J connectivity index is 1.54. The van der Waals surface area contributed by atoms with Crippen LogP contribution in [0.25, 0.3) is 0 Å². The van der Waals surface area contributed by atoms with Gasteiger partial charge in [0.1, 0.15) is 0 Å². The fraction of sp³-hybridized carbons (Fsp3) is 0.486. The van der Waals surface area contributed by atoms with Gasteiger partial charge < -0.3 is 10.4 Å². The quantitative estimate of drug-likeness (QED) is 0.192. The van der Waals surface area contributed by atoms with Crippen molar-refractivity contribution in [1.29, 1.82) is 0 Å². The number of sulfonamides is 1. The van der Waals surface area contributed by atoms with Crippen LogP contribution in [0.3, 0.4) is 0 Å². The van der Waals surface area contributed by atoms with Crippen molar-refractivity contribution < 1.29 is 18.3 Å². The van der Waals surface area contributed by atoms with Gasteiger partial charge in [0.15, 0.2) is 0 Å². The zero-order valence-corrected chi connectivity index (χ0v) is 28.1. The highest BCUT2D eigenvalue weighted by molar-refractivity contribution is 7.89. The number of hydrogen-bond acceptors (Lipinski definition) is 4. The minimum Gasteiger partial charge on any atom is -0.390 e. The first-order chi connectivity index (χ1) is 20.8. The van der Waals surface area contributed by atoms with Crippen LogP contribution in [0.5, 0.6) is 0 Å². The molecule has 1 aliphatic carbocycles. The fourth-order valence-corrected chi connectivity index (χ4v) is 8.15. The van der Waals surface area contributed by atoms with Crippen molar-refractivity contribution in [2.75, 3.05) is 6.54 Å². The maximum Gasteiger partial charge on any atom is 0.241 e. The summed E-state index contributed by atoms with van der Waals surface area (Å²) in [4.78, 5) is 14.2. The summed E-state index contributed by atoms with van der Waals surface area (Å²) in [6, 6.07) is 21.4. The van der Waals surface area contributed by atoms with Crippen molar-refractivity contribution in [3.8, 4) is 0 Å². The molecule has 0 aliphatic heterocycles. The van der Waals surface area contributed by atoms with Gasteiger partial charge in [-0.3, -0.25) is 4.79 Å². The monoisotopic (exact) mass is 618 g/mol. The molecule has 7 heteroatoms. The van der Waals surface area contributed by atoms with E-state index in [0.29, 0.717) is 30.1 Å². The molecule has 44 heavy (non-hydrogen) atoms. The Hall–Kier alpha value is -3.00. The molecule has 3 N–H and O–H groups in total. The van der Waals surface area contributed by atoms with E-state index >= 15 is 0 Å². The Labute approximate surface area is 264 Å². The molecule has 0 saturated heterocycles. The van der Waals surface area contributed by atoms with Crippen molar-refractivity contribution in [2.24, 2.45) is 11.8 Å². The normalized spacial score (nSPS) is 18.1. The van der Waals surface area contributed by atoms with E-state index in [1.807, 2.05) is 89.2 Å². The summed E-state index contributed by atoms with van der Waals surface area (Å²) >= 11 is 0. The second kappa shape index (κ2) is 14.4. The lowest BCUT2D eigenvalue weighted by Gasteiger charge is -2.26. The number of carbonyl (C=O) groups excluding carboxylic acids is 1. The minimum atomic E-state index is -3.81. The Kier molecular flexibility index (Phi) is 11.1. The Morgan fingerprint density at radius 3 is 2.05 bits per heavy atom. The number of benzene rings is 3. The van der Waals surface area contributed by atoms with Gasteiger partial charge in [0.2, 0.25) is 15.9 Å². The van der Waals surface area contributed by atoms with Gasteiger partial charge in [-0.15, -0.1) is 0 Å². The number of fused-ring (bicyclic) bond motifs is 1. The van der Waals surface area contributed by atoms with E-state index in [2.05, 4.69) is 36.0 Å². The largest absolute Gasteiger partial charge is 0.390 e. The zero-order valence-electron chi connectivity index (χ0n) is 27.3. The lowest BCUT2D eigenvalue weighted by atomic mass is 9.89. The van der Waals surface area contributed by atoms with Crippen LogP contribution >= 0.6 is 0 Å². The van der Waals surface area contributed by atoms with Crippen LogP contribution in [-0.4, -0.2) is 32.1 Å². The highest BCUT2D eigenvalue weighted by atomic mass is 32.2. The van der Waals surface area contributed by atoms with Gasteiger partial charge in [-0.1, -0.05) is 115 Å². The average Bonchev–Trinajstić information content (AvgIpc) is 3.29. The molecular weight excluding hydrogens is 568 g/mol. The van der Waals surface area contributed by atoms with E-state index in [-0.39, 0.29) is 36.1 Å². The fourth-order valence-electron chi connectivity index (χ4n) is 6.29.